The van der Waals surface area contributed by atoms with Crippen molar-refractivity contribution in [3.05, 3.63) is 23.8 Å². The van der Waals surface area contributed by atoms with E-state index in [0.717, 1.165) is 17.1 Å². The monoisotopic (exact) mass is 298 g/mol. The largest absolute Gasteiger partial charge is 0.497 e. The van der Waals surface area contributed by atoms with E-state index in [1.54, 1.807) is 21.3 Å². The number of aliphatic hydroxyl groups excluding tert-OH is 2. The first-order valence-corrected chi connectivity index (χ1v) is 7.11. The van der Waals surface area contributed by atoms with Gasteiger partial charge in [-0.15, -0.1) is 0 Å². The van der Waals surface area contributed by atoms with Crippen LogP contribution in [0.4, 0.5) is 0 Å². The minimum Gasteiger partial charge on any atom is -0.497 e. The van der Waals surface area contributed by atoms with Crippen LogP contribution >= 0.6 is 0 Å². The maximum atomic E-state index is 9.87. The molecule has 0 amide bonds. The average molecular weight is 298 g/mol. The predicted octanol–water partition coefficient (Wildman–Crippen LogP) is 2.16. The molecule has 0 unspecified atom stereocenters. The normalized spacial score (nSPS) is 15.3. The first-order chi connectivity index (χ1) is 10.1. The number of rotatable bonds is 9. The number of benzene rings is 1. The predicted molar refractivity (Wildman–Crippen MR) is 80.8 cm³/mol. The number of hydrogen-bond donors (Lipinski definition) is 2. The first kappa shape index (κ1) is 17.8. The third-order valence-corrected chi connectivity index (χ3v) is 3.62. The Bertz CT molecular complexity index is 421. The second-order valence-corrected chi connectivity index (χ2v) is 5.14. The van der Waals surface area contributed by atoms with Crippen molar-refractivity contribution in [2.45, 2.75) is 32.0 Å². The van der Waals surface area contributed by atoms with Gasteiger partial charge in [-0.1, -0.05) is 6.92 Å². The molecule has 0 saturated carbocycles. The zero-order chi connectivity index (χ0) is 15.8. The quantitative estimate of drug-likeness (QED) is 0.731. The topological polar surface area (TPSA) is 68.2 Å². The van der Waals surface area contributed by atoms with Crippen molar-refractivity contribution >= 4 is 0 Å². The van der Waals surface area contributed by atoms with E-state index in [1.165, 1.54) is 0 Å². The molecule has 1 aromatic rings. The molecule has 5 heteroatoms. The summed E-state index contributed by atoms with van der Waals surface area (Å²) in [5.41, 5.74) is 0.892. The molecule has 120 valence electrons. The van der Waals surface area contributed by atoms with Crippen LogP contribution in [0.5, 0.6) is 11.5 Å². The minimum atomic E-state index is -0.542. The van der Waals surface area contributed by atoms with Gasteiger partial charge in [0.15, 0.2) is 0 Å². The van der Waals surface area contributed by atoms with E-state index in [0.29, 0.717) is 12.8 Å². The average Bonchev–Trinajstić information content (AvgIpc) is 2.48. The highest BCUT2D eigenvalue weighted by Crippen LogP contribution is 2.37. The Labute approximate surface area is 126 Å². The number of aliphatic hydroxyl groups is 2. The molecule has 3 atom stereocenters. The van der Waals surface area contributed by atoms with Crippen LogP contribution in [0.15, 0.2) is 18.2 Å². The van der Waals surface area contributed by atoms with Gasteiger partial charge in [0.1, 0.15) is 11.5 Å². The molecule has 5 nitrogen and oxygen atoms in total. The molecular weight excluding hydrogens is 272 g/mol. The second kappa shape index (κ2) is 8.87. The van der Waals surface area contributed by atoms with Crippen molar-refractivity contribution in [2.24, 2.45) is 5.92 Å². The van der Waals surface area contributed by atoms with Crippen LogP contribution in [0.3, 0.4) is 0 Å². The molecule has 2 N–H and O–H groups in total. The van der Waals surface area contributed by atoms with Crippen LogP contribution in [0.25, 0.3) is 0 Å². The summed E-state index contributed by atoms with van der Waals surface area (Å²) in [4.78, 5) is 0. The smallest absolute Gasteiger partial charge is 0.124 e. The number of ether oxygens (including phenoxy) is 3. The molecule has 0 fully saturated rings. The lowest BCUT2D eigenvalue weighted by atomic mass is 9.90. The Kier molecular flexibility index (Phi) is 7.50. The van der Waals surface area contributed by atoms with Crippen LogP contribution in [0, 0.1) is 5.92 Å². The summed E-state index contributed by atoms with van der Waals surface area (Å²) in [5.74, 6) is 1.53. The van der Waals surface area contributed by atoms with Crippen molar-refractivity contribution in [3.63, 3.8) is 0 Å². The third-order valence-electron chi connectivity index (χ3n) is 3.62. The van der Waals surface area contributed by atoms with Crippen molar-refractivity contribution in [1.82, 2.24) is 0 Å². The van der Waals surface area contributed by atoms with Gasteiger partial charge in [-0.05, 0) is 37.0 Å². The number of hydrogen-bond acceptors (Lipinski definition) is 5. The summed E-state index contributed by atoms with van der Waals surface area (Å²) in [6, 6.07) is 5.57. The molecule has 0 heterocycles. The molecule has 0 spiro atoms. The Balaban J connectivity index is 2.97. The van der Waals surface area contributed by atoms with Gasteiger partial charge in [0.2, 0.25) is 0 Å². The highest BCUT2D eigenvalue weighted by atomic mass is 16.5. The van der Waals surface area contributed by atoms with Gasteiger partial charge >= 0.3 is 0 Å². The lowest BCUT2D eigenvalue weighted by Crippen LogP contribution is -2.20. The van der Waals surface area contributed by atoms with Crippen molar-refractivity contribution in [1.29, 1.82) is 0 Å². The molecule has 21 heavy (non-hydrogen) atoms. The van der Waals surface area contributed by atoms with Crippen LogP contribution in [-0.2, 0) is 4.74 Å². The molecule has 0 radical (unpaired) electrons. The van der Waals surface area contributed by atoms with E-state index in [1.807, 2.05) is 25.1 Å². The van der Waals surface area contributed by atoms with Gasteiger partial charge in [0, 0.05) is 19.3 Å². The highest BCUT2D eigenvalue weighted by molar-refractivity contribution is 5.42. The summed E-state index contributed by atoms with van der Waals surface area (Å²) in [7, 11) is 4.86. The highest BCUT2D eigenvalue weighted by Gasteiger charge is 2.25. The van der Waals surface area contributed by atoms with Gasteiger partial charge < -0.3 is 24.4 Å². The molecule has 1 rings (SSSR count). The Morgan fingerprint density at radius 1 is 1.14 bits per heavy atom. The van der Waals surface area contributed by atoms with Crippen molar-refractivity contribution in [3.8, 4) is 11.5 Å². The van der Waals surface area contributed by atoms with Gasteiger partial charge in [0.25, 0.3) is 0 Å². The van der Waals surface area contributed by atoms with Gasteiger partial charge in [-0.2, -0.15) is 0 Å². The Morgan fingerprint density at radius 3 is 2.38 bits per heavy atom. The summed E-state index contributed by atoms with van der Waals surface area (Å²) >= 11 is 0. The molecule has 1 aromatic carbocycles. The first-order valence-electron chi connectivity index (χ1n) is 7.11. The van der Waals surface area contributed by atoms with E-state index >= 15 is 0 Å². The molecule has 0 aliphatic carbocycles. The van der Waals surface area contributed by atoms with E-state index in [2.05, 4.69) is 0 Å². The second-order valence-electron chi connectivity index (χ2n) is 5.14. The molecule has 0 aliphatic heterocycles. The van der Waals surface area contributed by atoms with E-state index in [-0.39, 0.29) is 18.6 Å². The summed E-state index contributed by atoms with van der Waals surface area (Å²) in [6.07, 6.45) is 0.151. The van der Waals surface area contributed by atoms with Gasteiger partial charge in [0.05, 0.1) is 26.4 Å². The maximum Gasteiger partial charge on any atom is 0.124 e. The molecule has 0 aliphatic rings. The standard InChI is InChI=1S/C16H26O5/c1-11(9-12(18)7-8-17)16(21-4)14-10-13(19-2)5-6-15(14)20-3/h5-6,10-12,16-18H,7-9H2,1-4H3/t11-,12-,16+/m1/s1. The van der Waals surface area contributed by atoms with Crippen LogP contribution < -0.4 is 9.47 Å². The summed E-state index contributed by atoms with van der Waals surface area (Å²) in [6.45, 7) is 1.99. The maximum absolute atomic E-state index is 9.87. The molecule has 0 aromatic heterocycles. The third kappa shape index (κ3) is 4.88. The summed E-state index contributed by atoms with van der Waals surface area (Å²) in [5, 5.41) is 18.8. The molecule has 0 saturated heterocycles. The SMILES string of the molecule is COc1ccc(OC)c([C@@H](OC)[C@H](C)C[C@H](O)CCO)c1. The fraction of sp³-hybridized carbons (Fsp3) is 0.625. The van der Waals surface area contributed by atoms with Gasteiger partial charge in [-0.3, -0.25) is 0 Å². The lowest BCUT2D eigenvalue weighted by Gasteiger charge is -2.26. The van der Waals surface area contributed by atoms with E-state index in [9.17, 15) is 5.11 Å². The van der Waals surface area contributed by atoms with Crippen molar-refractivity contribution in [2.75, 3.05) is 27.9 Å². The zero-order valence-electron chi connectivity index (χ0n) is 13.2. The van der Waals surface area contributed by atoms with E-state index in [4.69, 9.17) is 19.3 Å². The Hall–Kier alpha value is -1.30. The van der Waals surface area contributed by atoms with Crippen LogP contribution in [0.1, 0.15) is 31.4 Å². The van der Waals surface area contributed by atoms with E-state index < -0.39 is 6.10 Å². The van der Waals surface area contributed by atoms with Crippen LogP contribution in [0.2, 0.25) is 0 Å². The Morgan fingerprint density at radius 2 is 1.86 bits per heavy atom. The van der Waals surface area contributed by atoms with Crippen LogP contribution in [-0.4, -0.2) is 44.3 Å². The molecule has 0 bridgehead atoms. The fourth-order valence-electron chi connectivity index (χ4n) is 2.55. The zero-order valence-corrected chi connectivity index (χ0v) is 13.2. The van der Waals surface area contributed by atoms with Gasteiger partial charge in [-0.25, -0.2) is 0 Å². The lowest BCUT2D eigenvalue weighted by molar-refractivity contribution is 0.0247. The minimum absolute atomic E-state index is 0.0198. The molecular formula is C16H26O5. The summed E-state index contributed by atoms with van der Waals surface area (Å²) < 4.78 is 16.3. The number of methoxy groups -OCH3 is 3. The fourth-order valence-corrected chi connectivity index (χ4v) is 2.55. The van der Waals surface area contributed by atoms with Crippen molar-refractivity contribution < 1.29 is 24.4 Å².